The third-order valence-electron chi connectivity index (χ3n) is 4.94. The van der Waals surface area contributed by atoms with E-state index in [0.717, 1.165) is 23.5 Å². The summed E-state index contributed by atoms with van der Waals surface area (Å²) in [6, 6.07) is 13.7. The van der Waals surface area contributed by atoms with Crippen LogP contribution in [0, 0.1) is 5.82 Å². The van der Waals surface area contributed by atoms with Gasteiger partial charge in [-0.05, 0) is 41.8 Å². The highest BCUT2D eigenvalue weighted by atomic mass is 32.2. The first-order valence-corrected chi connectivity index (χ1v) is 10.5. The summed E-state index contributed by atoms with van der Waals surface area (Å²) < 4.78 is 15.3. The first-order valence-electron chi connectivity index (χ1n) is 9.61. The second kappa shape index (κ2) is 8.24. The van der Waals surface area contributed by atoms with Crippen LogP contribution in [0.3, 0.4) is 0 Å². The molecule has 0 bridgehead atoms. The van der Waals surface area contributed by atoms with Crippen molar-refractivity contribution in [2.75, 3.05) is 10.7 Å². The molecule has 29 heavy (non-hydrogen) atoms. The molecule has 6 nitrogen and oxygen atoms in total. The van der Waals surface area contributed by atoms with Crippen LogP contribution in [0.2, 0.25) is 0 Å². The van der Waals surface area contributed by atoms with E-state index in [1.807, 2.05) is 35.9 Å². The molecule has 1 aliphatic heterocycles. The molecule has 4 rings (SSSR count). The molecule has 1 aliphatic rings. The summed E-state index contributed by atoms with van der Waals surface area (Å²) in [5.74, 6) is 0.329. The minimum atomic E-state index is -0.493. The van der Waals surface area contributed by atoms with Crippen molar-refractivity contribution in [2.45, 2.75) is 43.1 Å². The van der Waals surface area contributed by atoms with E-state index in [4.69, 9.17) is 0 Å². The number of benzene rings is 2. The summed E-state index contributed by atoms with van der Waals surface area (Å²) >= 11 is 1.36. The van der Waals surface area contributed by atoms with Gasteiger partial charge in [-0.25, -0.2) is 9.07 Å². The van der Waals surface area contributed by atoms with E-state index >= 15 is 0 Å². The molecule has 2 N–H and O–H groups in total. The predicted octanol–water partition coefficient (Wildman–Crippen LogP) is 3.94. The van der Waals surface area contributed by atoms with Gasteiger partial charge in [-0.1, -0.05) is 49.9 Å². The molecular weight excluding hydrogens is 389 g/mol. The highest BCUT2D eigenvalue weighted by molar-refractivity contribution is 8.00. The third kappa shape index (κ3) is 3.98. The Bertz CT molecular complexity index is 1000. The number of rotatable bonds is 5. The Hall–Kier alpha value is -2.87. The summed E-state index contributed by atoms with van der Waals surface area (Å²) in [5, 5.41) is 11.5. The maximum atomic E-state index is 13.4. The molecule has 0 spiro atoms. The zero-order valence-electron chi connectivity index (χ0n) is 16.2. The molecule has 0 radical (unpaired) electrons. The summed E-state index contributed by atoms with van der Waals surface area (Å²) in [4.78, 5) is 13.2. The Morgan fingerprint density at radius 1 is 1.10 bits per heavy atom. The average Bonchev–Trinajstić information content (AvgIpc) is 3.16. The Labute approximate surface area is 172 Å². The normalized spacial score (nSPS) is 18.0. The highest BCUT2D eigenvalue weighted by Gasteiger charge is 2.37. The number of anilines is 1. The summed E-state index contributed by atoms with van der Waals surface area (Å²) in [6.07, 6.45) is 1.65. The lowest BCUT2D eigenvalue weighted by Gasteiger charge is -2.33. The smallest absolute Gasteiger partial charge is 0.240 e. The van der Waals surface area contributed by atoms with Crippen LogP contribution in [-0.4, -0.2) is 26.0 Å². The highest BCUT2D eigenvalue weighted by Crippen LogP contribution is 2.37. The monoisotopic (exact) mass is 411 g/mol. The molecule has 8 heteroatoms. The first-order chi connectivity index (χ1) is 14.1. The van der Waals surface area contributed by atoms with E-state index < -0.39 is 5.25 Å². The predicted molar refractivity (Wildman–Crippen MR) is 112 cm³/mol. The molecule has 0 fully saturated rings. The number of carbonyl (C=O) groups excluding carboxylic acids is 1. The quantitative estimate of drug-likeness (QED) is 0.665. The molecule has 2 heterocycles. The number of hydrogen-bond acceptors (Lipinski definition) is 5. The molecule has 150 valence electrons. The van der Waals surface area contributed by atoms with Gasteiger partial charge in [0.25, 0.3) is 0 Å². The van der Waals surface area contributed by atoms with E-state index in [-0.39, 0.29) is 17.8 Å². The van der Waals surface area contributed by atoms with E-state index in [9.17, 15) is 9.18 Å². The fourth-order valence-corrected chi connectivity index (χ4v) is 4.38. The number of halogens is 1. The standard InChI is InChI=1S/C21H22FN5OS/c1-3-13-5-11-16(12-6-13)23-20(28)19-18(14-7-9-15(22)10-8-14)26-27-17(4-2)24-25-21(27)29-19/h5-12,18-19,26H,3-4H2,1-2H3,(H,23,28)/t18-,19+/m0/s1. The number of nitrogens with zero attached hydrogens (tertiary/aromatic N) is 3. The second-order valence-electron chi connectivity index (χ2n) is 6.82. The van der Waals surface area contributed by atoms with Crippen LogP contribution < -0.4 is 10.7 Å². The minimum absolute atomic E-state index is 0.145. The molecule has 2 aromatic carbocycles. The number of thioether (sulfide) groups is 1. The van der Waals surface area contributed by atoms with Crippen molar-refractivity contribution in [3.05, 3.63) is 71.3 Å². The fraction of sp³-hybridized carbons (Fsp3) is 0.286. The third-order valence-corrected chi connectivity index (χ3v) is 6.15. The number of carbonyl (C=O) groups is 1. The first kappa shape index (κ1) is 19.4. The summed E-state index contributed by atoms with van der Waals surface area (Å²) in [5.41, 5.74) is 6.13. The van der Waals surface area contributed by atoms with Crippen molar-refractivity contribution < 1.29 is 9.18 Å². The lowest BCUT2D eigenvalue weighted by atomic mass is 10.0. The second-order valence-corrected chi connectivity index (χ2v) is 7.93. The number of amides is 1. The SMILES string of the molecule is CCc1ccc(NC(=O)[C@@H]2Sc3nnc(CC)n3N[C@H]2c2ccc(F)cc2)cc1. The molecule has 2 atom stereocenters. The molecule has 3 aromatic rings. The number of nitrogens with one attached hydrogen (secondary N) is 2. The van der Waals surface area contributed by atoms with Crippen LogP contribution >= 0.6 is 11.8 Å². The van der Waals surface area contributed by atoms with Crippen LogP contribution in [0.4, 0.5) is 10.1 Å². The molecule has 1 amide bonds. The maximum Gasteiger partial charge on any atom is 0.240 e. The van der Waals surface area contributed by atoms with E-state index in [1.54, 1.807) is 12.1 Å². The van der Waals surface area contributed by atoms with E-state index in [0.29, 0.717) is 11.6 Å². The van der Waals surface area contributed by atoms with Gasteiger partial charge in [0.2, 0.25) is 11.1 Å². The maximum absolute atomic E-state index is 13.4. The number of aromatic nitrogens is 3. The van der Waals surface area contributed by atoms with Crippen LogP contribution in [0.25, 0.3) is 0 Å². The van der Waals surface area contributed by atoms with Gasteiger partial charge < -0.3 is 10.7 Å². The molecule has 0 saturated heterocycles. The van der Waals surface area contributed by atoms with Crippen molar-refractivity contribution in [3.8, 4) is 0 Å². The number of fused-ring (bicyclic) bond motifs is 1. The van der Waals surface area contributed by atoms with Crippen LogP contribution in [0.5, 0.6) is 0 Å². The topological polar surface area (TPSA) is 71.8 Å². The zero-order chi connectivity index (χ0) is 20.4. The average molecular weight is 412 g/mol. The van der Waals surface area contributed by atoms with Gasteiger partial charge in [0, 0.05) is 12.1 Å². The summed E-state index contributed by atoms with van der Waals surface area (Å²) in [7, 11) is 0. The van der Waals surface area contributed by atoms with Crippen LogP contribution in [0.1, 0.15) is 36.8 Å². The van der Waals surface area contributed by atoms with Gasteiger partial charge in [0.05, 0.1) is 6.04 Å². The zero-order valence-corrected chi connectivity index (χ0v) is 17.0. The van der Waals surface area contributed by atoms with Crippen molar-refractivity contribution >= 4 is 23.4 Å². The number of aryl methyl sites for hydroxylation is 2. The van der Waals surface area contributed by atoms with Crippen LogP contribution in [0.15, 0.2) is 53.7 Å². The van der Waals surface area contributed by atoms with Crippen LogP contribution in [-0.2, 0) is 17.6 Å². The molecule has 0 saturated carbocycles. The lowest BCUT2D eigenvalue weighted by molar-refractivity contribution is -0.116. The van der Waals surface area contributed by atoms with Gasteiger partial charge in [-0.3, -0.25) is 4.79 Å². The molecule has 1 aromatic heterocycles. The van der Waals surface area contributed by atoms with Crippen molar-refractivity contribution in [2.24, 2.45) is 0 Å². The van der Waals surface area contributed by atoms with Gasteiger partial charge in [0.15, 0.2) is 5.82 Å². The van der Waals surface area contributed by atoms with Crippen molar-refractivity contribution in [1.29, 1.82) is 0 Å². The van der Waals surface area contributed by atoms with Crippen molar-refractivity contribution in [3.63, 3.8) is 0 Å². The Balaban J connectivity index is 1.63. The Morgan fingerprint density at radius 2 is 1.83 bits per heavy atom. The largest absolute Gasteiger partial charge is 0.325 e. The summed E-state index contributed by atoms with van der Waals surface area (Å²) in [6.45, 7) is 4.08. The van der Waals surface area contributed by atoms with Gasteiger partial charge >= 0.3 is 0 Å². The van der Waals surface area contributed by atoms with Crippen molar-refractivity contribution in [1.82, 2.24) is 14.9 Å². The Morgan fingerprint density at radius 3 is 2.48 bits per heavy atom. The van der Waals surface area contributed by atoms with Gasteiger partial charge in [-0.2, -0.15) is 0 Å². The minimum Gasteiger partial charge on any atom is -0.325 e. The number of hydrogen-bond donors (Lipinski definition) is 2. The Kier molecular flexibility index (Phi) is 5.53. The van der Waals surface area contributed by atoms with E-state index in [1.165, 1.54) is 29.5 Å². The molecule has 0 aliphatic carbocycles. The van der Waals surface area contributed by atoms with Gasteiger partial charge in [-0.15, -0.1) is 10.2 Å². The van der Waals surface area contributed by atoms with E-state index in [2.05, 4.69) is 27.9 Å². The molecule has 0 unspecified atom stereocenters. The fourth-order valence-electron chi connectivity index (χ4n) is 3.29. The lowest BCUT2D eigenvalue weighted by Crippen LogP contribution is -2.41. The van der Waals surface area contributed by atoms with Gasteiger partial charge in [0.1, 0.15) is 11.1 Å². The molecular formula is C21H22FN5OS.